The van der Waals surface area contributed by atoms with Crippen molar-refractivity contribution in [3.05, 3.63) is 35.9 Å². The molecule has 0 bridgehead atoms. The molecule has 0 spiro atoms. The molecule has 0 atom stereocenters. The van der Waals surface area contributed by atoms with Crippen molar-refractivity contribution in [2.45, 2.75) is 38.8 Å². The minimum Gasteiger partial charge on any atom is -0.353 e. The quantitative estimate of drug-likeness (QED) is 0.921. The third kappa shape index (κ3) is 5.21. The molecule has 1 aliphatic rings. The fourth-order valence-electron chi connectivity index (χ4n) is 2.41. The van der Waals surface area contributed by atoms with Crippen LogP contribution in [0.15, 0.2) is 30.3 Å². The smallest absolute Gasteiger partial charge is 0.219 e. The number of amides is 1. The lowest BCUT2D eigenvalue weighted by molar-refractivity contribution is -0.121. The molecule has 4 heteroatoms. The number of piperidine rings is 1. The van der Waals surface area contributed by atoms with Crippen LogP contribution in [0.4, 0.5) is 0 Å². The molecule has 1 saturated heterocycles. The number of nitrogens with one attached hydrogen (secondary N) is 1. The Hall–Kier alpha value is -1.06. The molecule has 1 aliphatic heterocycles. The number of halogens is 1. The Kier molecular flexibility index (Phi) is 6.89. The molecule has 0 saturated carbocycles. The van der Waals surface area contributed by atoms with Gasteiger partial charge in [0.2, 0.25) is 5.91 Å². The fourth-order valence-corrected chi connectivity index (χ4v) is 2.41. The average molecular weight is 283 g/mol. The fraction of sp³-hybridized carbons (Fsp3) is 0.533. The summed E-state index contributed by atoms with van der Waals surface area (Å²) < 4.78 is 0. The van der Waals surface area contributed by atoms with Gasteiger partial charge in [-0.05, 0) is 18.4 Å². The van der Waals surface area contributed by atoms with Crippen molar-refractivity contribution in [3.63, 3.8) is 0 Å². The zero-order valence-electron chi connectivity index (χ0n) is 11.5. The molecule has 0 aromatic heterocycles. The highest BCUT2D eigenvalue weighted by molar-refractivity contribution is 5.85. The molecule has 1 aromatic carbocycles. The summed E-state index contributed by atoms with van der Waals surface area (Å²) in [4.78, 5) is 13.8. The number of carbonyl (C=O) groups is 1. The van der Waals surface area contributed by atoms with Crippen LogP contribution >= 0.6 is 12.4 Å². The zero-order chi connectivity index (χ0) is 12.8. The van der Waals surface area contributed by atoms with Crippen molar-refractivity contribution < 1.29 is 4.79 Å². The summed E-state index contributed by atoms with van der Waals surface area (Å²) in [5.74, 6) is 0.177. The maximum Gasteiger partial charge on any atom is 0.219 e. The first-order valence-corrected chi connectivity index (χ1v) is 6.83. The number of benzene rings is 1. The summed E-state index contributed by atoms with van der Waals surface area (Å²) in [5.41, 5.74) is 1.37. The van der Waals surface area contributed by atoms with Gasteiger partial charge in [0.05, 0.1) is 0 Å². The van der Waals surface area contributed by atoms with Crippen LogP contribution in [0.2, 0.25) is 0 Å². The van der Waals surface area contributed by atoms with Gasteiger partial charge in [-0.2, -0.15) is 0 Å². The zero-order valence-corrected chi connectivity index (χ0v) is 12.3. The van der Waals surface area contributed by atoms with Gasteiger partial charge >= 0.3 is 0 Å². The van der Waals surface area contributed by atoms with Gasteiger partial charge in [0, 0.05) is 32.1 Å². The molecule has 1 fully saturated rings. The van der Waals surface area contributed by atoms with Gasteiger partial charge in [-0.15, -0.1) is 12.4 Å². The van der Waals surface area contributed by atoms with Gasteiger partial charge in [0.1, 0.15) is 0 Å². The van der Waals surface area contributed by atoms with Crippen molar-refractivity contribution in [1.82, 2.24) is 10.2 Å². The standard InChI is InChI=1S/C15H22N2O.ClH/c1-2-15(18)16-14-8-10-17(11-9-14)12-13-6-4-3-5-7-13;/h3-7,14H,2,8-12H2,1H3,(H,16,18);1H. The molecule has 1 N–H and O–H groups in total. The molecular formula is C15H23ClN2O. The maximum atomic E-state index is 11.3. The molecular weight excluding hydrogens is 260 g/mol. The number of hydrogen-bond donors (Lipinski definition) is 1. The first kappa shape index (κ1) is 16.0. The molecule has 1 heterocycles. The number of likely N-dealkylation sites (tertiary alicyclic amines) is 1. The Morgan fingerprint density at radius 2 is 1.89 bits per heavy atom. The molecule has 1 amide bonds. The lowest BCUT2D eigenvalue weighted by Gasteiger charge is -2.32. The molecule has 106 valence electrons. The third-order valence-electron chi connectivity index (χ3n) is 3.52. The van der Waals surface area contributed by atoms with Crippen LogP contribution in [-0.4, -0.2) is 29.9 Å². The van der Waals surface area contributed by atoms with E-state index in [-0.39, 0.29) is 18.3 Å². The molecule has 0 radical (unpaired) electrons. The first-order chi connectivity index (χ1) is 8.78. The van der Waals surface area contributed by atoms with Gasteiger partial charge in [-0.3, -0.25) is 9.69 Å². The van der Waals surface area contributed by atoms with Crippen LogP contribution in [0.1, 0.15) is 31.7 Å². The summed E-state index contributed by atoms with van der Waals surface area (Å²) >= 11 is 0. The van der Waals surface area contributed by atoms with E-state index in [1.807, 2.05) is 6.92 Å². The Morgan fingerprint density at radius 3 is 2.47 bits per heavy atom. The second-order valence-corrected chi connectivity index (χ2v) is 4.96. The van der Waals surface area contributed by atoms with Crippen LogP contribution in [0.3, 0.4) is 0 Å². The highest BCUT2D eigenvalue weighted by Crippen LogP contribution is 2.13. The van der Waals surface area contributed by atoms with Crippen molar-refractivity contribution in [3.8, 4) is 0 Å². The molecule has 3 nitrogen and oxygen atoms in total. The van der Waals surface area contributed by atoms with E-state index in [4.69, 9.17) is 0 Å². The molecule has 1 aromatic rings. The summed E-state index contributed by atoms with van der Waals surface area (Å²) in [7, 11) is 0. The Labute approximate surface area is 121 Å². The van der Waals surface area contributed by atoms with Gasteiger partial charge in [0.25, 0.3) is 0 Å². The lowest BCUT2D eigenvalue weighted by Crippen LogP contribution is -2.44. The van der Waals surface area contributed by atoms with Crippen molar-refractivity contribution in [2.24, 2.45) is 0 Å². The van der Waals surface area contributed by atoms with E-state index < -0.39 is 0 Å². The van der Waals surface area contributed by atoms with E-state index in [0.29, 0.717) is 12.5 Å². The average Bonchev–Trinajstić information content (AvgIpc) is 2.42. The van der Waals surface area contributed by atoms with Crippen LogP contribution in [-0.2, 0) is 11.3 Å². The van der Waals surface area contributed by atoms with E-state index in [2.05, 4.69) is 40.5 Å². The van der Waals surface area contributed by atoms with Crippen LogP contribution < -0.4 is 5.32 Å². The van der Waals surface area contributed by atoms with Gasteiger partial charge in [-0.25, -0.2) is 0 Å². The predicted octanol–water partition coefficient (Wildman–Crippen LogP) is 2.60. The van der Waals surface area contributed by atoms with E-state index >= 15 is 0 Å². The number of carbonyl (C=O) groups excluding carboxylic acids is 1. The Morgan fingerprint density at radius 1 is 1.26 bits per heavy atom. The van der Waals surface area contributed by atoms with Crippen LogP contribution in [0.25, 0.3) is 0 Å². The highest BCUT2D eigenvalue weighted by atomic mass is 35.5. The molecule has 19 heavy (non-hydrogen) atoms. The van der Waals surface area contributed by atoms with Crippen molar-refractivity contribution in [1.29, 1.82) is 0 Å². The topological polar surface area (TPSA) is 32.3 Å². The van der Waals surface area contributed by atoms with Crippen molar-refractivity contribution >= 4 is 18.3 Å². The van der Waals surface area contributed by atoms with Crippen LogP contribution in [0, 0.1) is 0 Å². The van der Waals surface area contributed by atoms with Gasteiger partial charge in [0.15, 0.2) is 0 Å². The summed E-state index contributed by atoms with van der Waals surface area (Å²) in [6.45, 7) is 5.07. The van der Waals surface area contributed by atoms with E-state index in [9.17, 15) is 4.79 Å². The molecule has 0 unspecified atom stereocenters. The van der Waals surface area contributed by atoms with Crippen molar-refractivity contribution in [2.75, 3.05) is 13.1 Å². The monoisotopic (exact) mass is 282 g/mol. The Balaban J connectivity index is 0.00000180. The van der Waals surface area contributed by atoms with E-state index in [0.717, 1.165) is 32.5 Å². The van der Waals surface area contributed by atoms with E-state index in [1.165, 1.54) is 5.56 Å². The number of rotatable bonds is 4. The van der Waals surface area contributed by atoms with Crippen LogP contribution in [0.5, 0.6) is 0 Å². The first-order valence-electron chi connectivity index (χ1n) is 6.83. The normalized spacial score (nSPS) is 16.7. The van der Waals surface area contributed by atoms with Gasteiger partial charge in [-0.1, -0.05) is 37.3 Å². The summed E-state index contributed by atoms with van der Waals surface area (Å²) in [6.07, 6.45) is 2.72. The maximum absolute atomic E-state index is 11.3. The summed E-state index contributed by atoms with van der Waals surface area (Å²) in [6, 6.07) is 10.9. The second-order valence-electron chi connectivity index (χ2n) is 4.96. The summed E-state index contributed by atoms with van der Waals surface area (Å²) in [5, 5.41) is 3.09. The highest BCUT2D eigenvalue weighted by Gasteiger charge is 2.19. The second kappa shape index (κ2) is 8.18. The number of hydrogen-bond acceptors (Lipinski definition) is 2. The number of nitrogens with zero attached hydrogens (tertiary/aromatic N) is 1. The van der Waals surface area contributed by atoms with E-state index in [1.54, 1.807) is 0 Å². The Bertz CT molecular complexity index is 375. The predicted molar refractivity (Wildman–Crippen MR) is 80.4 cm³/mol. The molecule has 0 aliphatic carbocycles. The minimum atomic E-state index is 0. The lowest BCUT2D eigenvalue weighted by atomic mass is 10.0. The third-order valence-corrected chi connectivity index (χ3v) is 3.52. The SMILES string of the molecule is CCC(=O)NC1CCN(Cc2ccccc2)CC1.Cl. The largest absolute Gasteiger partial charge is 0.353 e. The van der Waals surface area contributed by atoms with Gasteiger partial charge < -0.3 is 5.32 Å². The molecule has 2 rings (SSSR count). The minimum absolute atomic E-state index is 0.